The number of amides is 3. The van der Waals surface area contributed by atoms with Crippen LogP contribution in [0.15, 0.2) is 91.0 Å². The third-order valence-electron chi connectivity index (χ3n) is 5.44. The summed E-state index contributed by atoms with van der Waals surface area (Å²) >= 11 is 0. The van der Waals surface area contributed by atoms with Crippen molar-refractivity contribution in [3.63, 3.8) is 0 Å². The largest absolute Gasteiger partial charge is 0.350 e. The lowest BCUT2D eigenvalue weighted by molar-refractivity contribution is -0.125. The van der Waals surface area contributed by atoms with Gasteiger partial charge in [0.15, 0.2) is 0 Å². The van der Waals surface area contributed by atoms with Crippen molar-refractivity contribution in [1.29, 1.82) is 0 Å². The molecule has 4 aromatic rings. The van der Waals surface area contributed by atoms with E-state index < -0.39 is 11.7 Å². The summed E-state index contributed by atoms with van der Waals surface area (Å²) in [5.74, 6) is -1.48. The van der Waals surface area contributed by atoms with Crippen molar-refractivity contribution < 1.29 is 18.8 Å². The fraction of sp³-hybridized carbons (Fsp3) is 0.107. The number of carbonyl (C=O) groups is 3. The Kier molecular flexibility index (Phi) is 7.47. The van der Waals surface area contributed by atoms with Crippen LogP contribution in [0.2, 0.25) is 0 Å². The maximum atomic E-state index is 13.3. The lowest BCUT2D eigenvalue weighted by Gasteiger charge is -2.10. The molecule has 0 aliphatic rings. The summed E-state index contributed by atoms with van der Waals surface area (Å²) in [7, 11) is 0. The van der Waals surface area contributed by atoms with Gasteiger partial charge in [0.05, 0.1) is 13.0 Å². The highest BCUT2D eigenvalue weighted by atomic mass is 19.1. The number of fused-ring (bicyclic) bond motifs is 1. The summed E-state index contributed by atoms with van der Waals surface area (Å²) in [5.41, 5.74) is 2.40. The number of anilines is 1. The van der Waals surface area contributed by atoms with E-state index >= 15 is 0 Å². The molecule has 3 amide bonds. The maximum absolute atomic E-state index is 13.3. The van der Waals surface area contributed by atoms with Crippen molar-refractivity contribution in [1.82, 2.24) is 10.6 Å². The minimum absolute atomic E-state index is 0.139. The van der Waals surface area contributed by atoms with E-state index in [1.54, 1.807) is 24.3 Å². The van der Waals surface area contributed by atoms with Crippen LogP contribution in [0.25, 0.3) is 10.8 Å². The molecule has 3 N–H and O–H groups in total. The first-order valence-electron chi connectivity index (χ1n) is 11.1. The van der Waals surface area contributed by atoms with Crippen LogP contribution in [0, 0.1) is 5.82 Å². The van der Waals surface area contributed by atoms with Crippen molar-refractivity contribution >= 4 is 34.2 Å². The Morgan fingerprint density at radius 2 is 1.51 bits per heavy atom. The Morgan fingerprint density at radius 3 is 2.37 bits per heavy atom. The first kappa shape index (κ1) is 23.6. The Morgan fingerprint density at radius 1 is 0.743 bits per heavy atom. The van der Waals surface area contributed by atoms with Gasteiger partial charge in [-0.3, -0.25) is 14.4 Å². The van der Waals surface area contributed by atoms with E-state index in [1.165, 1.54) is 18.2 Å². The van der Waals surface area contributed by atoms with Gasteiger partial charge in [-0.15, -0.1) is 0 Å². The fourth-order valence-corrected chi connectivity index (χ4v) is 3.72. The van der Waals surface area contributed by atoms with Crippen molar-refractivity contribution in [3.05, 3.63) is 114 Å². The van der Waals surface area contributed by atoms with Gasteiger partial charge in [0.25, 0.3) is 5.91 Å². The smallest absolute Gasteiger partial charge is 0.255 e. The van der Waals surface area contributed by atoms with E-state index in [-0.39, 0.29) is 36.9 Å². The molecule has 0 radical (unpaired) electrons. The number of carbonyl (C=O) groups excluding carboxylic acids is 3. The van der Waals surface area contributed by atoms with Crippen molar-refractivity contribution in [2.45, 2.75) is 13.0 Å². The van der Waals surface area contributed by atoms with Crippen LogP contribution in [-0.4, -0.2) is 24.3 Å². The van der Waals surface area contributed by atoms with E-state index in [1.807, 2.05) is 42.5 Å². The van der Waals surface area contributed by atoms with Gasteiger partial charge in [0.2, 0.25) is 11.8 Å². The molecule has 6 nitrogen and oxygen atoms in total. The summed E-state index contributed by atoms with van der Waals surface area (Å²) in [4.78, 5) is 36.9. The van der Waals surface area contributed by atoms with Gasteiger partial charge < -0.3 is 16.0 Å². The Labute approximate surface area is 202 Å². The molecule has 0 fully saturated rings. The molecule has 4 aromatic carbocycles. The van der Waals surface area contributed by atoms with Crippen molar-refractivity contribution in [2.75, 3.05) is 11.9 Å². The quantitative estimate of drug-likeness (QED) is 0.361. The van der Waals surface area contributed by atoms with E-state index in [4.69, 9.17) is 0 Å². The summed E-state index contributed by atoms with van der Waals surface area (Å²) in [6.07, 6.45) is 0.182. The third-order valence-corrected chi connectivity index (χ3v) is 5.44. The van der Waals surface area contributed by atoms with Crippen LogP contribution in [0.5, 0.6) is 0 Å². The number of benzene rings is 4. The Bertz CT molecular complexity index is 1380. The zero-order valence-corrected chi connectivity index (χ0v) is 18.9. The molecular weight excluding hydrogens is 445 g/mol. The highest BCUT2D eigenvalue weighted by Crippen LogP contribution is 2.19. The summed E-state index contributed by atoms with van der Waals surface area (Å²) in [5, 5.41) is 10.2. The second-order valence-electron chi connectivity index (χ2n) is 8.03. The zero-order valence-electron chi connectivity index (χ0n) is 18.9. The van der Waals surface area contributed by atoms with Crippen LogP contribution in [-0.2, 0) is 22.6 Å². The van der Waals surface area contributed by atoms with Gasteiger partial charge in [-0.05, 0) is 52.2 Å². The third kappa shape index (κ3) is 6.51. The first-order chi connectivity index (χ1) is 17.0. The number of hydrogen-bond donors (Lipinski definition) is 3. The first-order valence-corrected chi connectivity index (χ1v) is 11.1. The molecule has 0 spiro atoms. The molecule has 4 rings (SSSR count). The van der Waals surface area contributed by atoms with Crippen LogP contribution < -0.4 is 16.0 Å². The molecule has 0 aromatic heterocycles. The van der Waals surface area contributed by atoms with Gasteiger partial charge >= 0.3 is 0 Å². The van der Waals surface area contributed by atoms with Crippen LogP contribution in [0.4, 0.5) is 10.1 Å². The standard InChI is InChI=1S/C28H24FN3O3/c29-23-11-5-10-22(15-23)28(35)32-24-12-3-6-19(14-24)17-30-27(34)18-31-26(33)16-21-9-4-8-20-7-1-2-13-25(20)21/h1-15H,16-18H2,(H,30,34)(H,31,33)(H,32,35). The molecule has 0 aliphatic carbocycles. The number of nitrogens with one attached hydrogen (secondary N) is 3. The lowest BCUT2D eigenvalue weighted by atomic mass is 10.0. The van der Waals surface area contributed by atoms with E-state index in [2.05, 4.69) is 16.0 Å². The Hall–Kier alpha value is -4.52. The monoisotopic (exact) mass is 469 g/mol. The molecule has 0 bridgehead atoms. The minimum atomic E-state index is -0.488. The molecule has 0 aliphatic heterocycles. The van der Waals surface area contributed by atoms with Gasteiger partial charge in [-0.25, -0.2) is 4.39 Å². The molecule has 35 heavy (non-hydrogen) atoms. The average molecular weight is 470 g/mol. The zero-order chi connectivity index (χ0) is 24.6. The molecule has 176 valence electrons. The molecule has 0 saturated heterocycles. The minimum Gasteiger partial charge on any atom is -0.350 e. The van der Waals surface area contributed by atoms with Crippen LogP contribution >= 0.6 is 0 Å². The normalized spacial score (nSPS) is 10.5. The predicted octanol–water partition coefficient (Wildman–Crippen LogP) is 4.21. The van der Waals surface area contributed by atoms with Gasteiger partial charge in [0, 0.05) is 17.8 Å². The summed E-state index contributed by atoms with van der Waals surface area (Å²) in [6, 6.07) is 26.0. The second kappa shape index (κ2) is 11.1. The predicted molar refractivity (Wildman–Crippen MR) is 133 cm³/mol. The molecule has 0 saturated carbocycles. The fourth-order valence-electron chi connectivity index (χ4n) is 3.72. The Balaban J connectivity index is 1.25. The van der Waals surface area contributed by atoms with E-state index in [0.29, 0.717) is 5.69 Å². The van der Waals surface area contributed by atoms with Crippen molar-refractivity contribution in [2.24, 2.45) is 0 Å². The lowest BCUT2D eigenvalue weighted by Crippen LogP contribution is -2.37. The summed E-state index contributed by atoms with van der Waals surface area (Å²) < 4.78 is 13.3. The SMILES string of the molecule is O=C(CNC(=O)Cc1cccc2ccccc12)NCc1cccc(NC(=O)c2cccc(F)c2)c1. The van der Waals surface area contributed by atoms with Crippen molar-refractivity contribution in [3.8, 4) is 0 Å². The number of rotatable bonds is 8. The highest BCUT2D eigenvalue weighted by Gasteiger charge is 2.10. The van der Waals surface area contributed by atoms with E-state index in [9.17, 15) is 18.8 Å². The van der Waals surface area contributed by atoms with Gasteiger partial charge in [0.1, 0.15) is 5.82 Å². The number of halogens is 1. The molecule has 0 heterocycles. The maximum Gasteiger partial charge on any atom is 0.255 e. The average Bonchev–Trinajstić information content (AvgIpc) is 2.87. The topological polar surface area (TPSA) is 87.3 Å². The number of hydrogen-bond acceptors (Lipinski definition) is 3. The highest BCUT2D eigenvalue weighted by molar-refractivity contribution is 6.04. The molecular formula is C28H24FN3O3. The van der Waals surface area contributed by atoms with Crippen LogP contribution in [0.3, 0.4) is 0 Å². The molecule has 0 unspecified atom stereocenters. The van der Waals surface area contributed by atoms with Gasteiger partial charge in [-0.1, -0.05) is 60.7 Å². The van der Waals surface area contributed by atoms with Gasteiger partial charge in [-0.2, -0.15) is 0 Å². The second-order valence-corrected chi connectivity index (χ2v) is 8.03. The molecule has 7 heteroatoms. The van der Waals surface area contributed by atoms with E-state index in [0.717, 1.165) is 28.0 Å². The summed E-state index contributed by atoms with van der Waals surface area (Å²) in [6.45, 7) is 0.0846. The molecule has 0 atom stereocenters. The van der Waals surface area contributed by atoms with Crippen LogP contribution in [0.1, 0.15) is 21.5 Å².